The smallest absolute Gasteiger partial charge is 0.282 e. The fourth-order valence-corrected chi connectivity index (χ4v) is 1.94. The van der Waals surface area contributed by atoms with Gasteiger partial charge in [0.15, 0.2) is 0 Å². The molecule has 1 aromatic rings. The topological polar surface area (TPSA) is 55.2 Å². The first-order valence-corrected chi connectivity index (χ1v) is 6.61. The summed E-state index contributed by atoms with van der Waals surface area (Å²) in [6.45, 7) is 7.39. The van der Waals surface area contributed by atoms with Crippen LogP contribution in [0.4, 0.5) is 11.4 Å². The molecule has 5 heteroatoms. The van der Waals surface area contributed by atoms with Crippen molar-refractivity contribution in [2.45, 2.75) is 27.2 Å². The van der Waals surface area contributed by atoms with Crippen molar-refractivity contribution in [1.82, 2.24) is 0 Å². The maximum Gasteiger partial charge on any atom is 0.282 e. The summed E-state index contributed by atoms with van der Waals surface area (Å²) < 4.78 is 0.659. The third-order valence-corrected chi connectivity index (χ3v) is 3.74. The number of hydrogen-bond donors (Lipinski definition) is 1. The van der Waals surface area contributed by atoms with E-state index in [-0.39, 0.29) is 16.0 Å². The van der Waals surface area contributed by atoms with E-state index in [0.29, 0.717) is 3.57 Å². The van der Waals surface area contributed by atoms with Crippen LogP contribution >= 0.6 is 22.6 Å². The third-order valence-electron chi connectivity index (χ3n) is 2.87. The Morgan fingerprint density at radius 2 is 2.12 bits per heavy atom. The molecule has 0 saturated heterocycles. The highest BCUT2D eigenvalue weighted by Gasteiger charge is 2.16. The fourth-order valence-electron chi connectivity index (χ4n) is 1.23. The van der Waals surface area contributed by atoms with E-state index >= 15 is 0 Å². The molecule has 1 N–H and O–H groups in total. The van der Waals surface area contributed by atoms with Crippen LogP contribution in [0.25, 0.3) is 0 Å². The van der Waals surface area contributed by atoms with Gasteiger partial charge in [-0.2, -0.15) is 0 Å². The zero-order chi connectivity index (χ0) is 13.1. The SMILES string of the molecule is CCC(C)(C)CNc1ccc([N+](=O)[O-])c(I)c1. The minimum Gasteiger partial charge on any atom is -0.384 e. The maximum atomic E-state index is 10.7. The van der Waals surface area contributed by atoms with Crippen molar-refractivity contribution >= 4 is 34.0 Å². The van der Waals surface area contributed by atoms with Crippen LogP contribution < -0.4 is 5.32 Å². The molecule has 0 spiro atoms. The Labute approximate surface area is 115 Å². The predicted octanol–water partition coefficient (Wildman–Crippen LogP) is 4.05. The van der Waals surface area contributed by atoms with Crippen LogP contribution in [0.15, 0.2) is 18.2 Å². The summed E-state index contributed by atoms with van der Waals surface area (Å²) in [4.78, 5) is 10.3. The molecule has 4 nitrogen and oxygen atoms in total. The van der Waals surface area contributed by atoms with E-state index in [9.17, 15) is 10.1 Å². The first kappa shape index (κ1) is 14.2. The van der Waals surface area contributed by atoms with Gasteiger partial charge < -0.3 is 5.32 Å². The number of hydrogen-bond acceptors (Lipinski definition) is 3. The first-order chi connectivity index (χ1) is 7.85. The number of benzene rings is 1. The van der Waals surface area contributed by atoms with Crippen molar-refractivity contribution in [2.75, 3.05) is 11.9 Å². The van der Waals surface area contributed by atoms with Gasteiger partial charge in [-0.25, -0.2) is 0 Å². The van der Waals surface area contributed by atoms with Crippen LogP contribution in [0.2, 0.25) is 0 Å². The molecule has 1 aromatic carbocycles. The Balaban J connectivity index is 2.75. The quantitative estimate of drug-likeness (QED) is 0.496. The van der Waals surface area contributed by atoms with Crippen LogP contribution in [-0.4, -0.2) is 11.5 Å². The Morgan fingerprint density at radius 3 is 2.59 bits per heavy atom. The number of rotatable bonds is 5. The lowest BCUT2D eigenvalue weighted by Gasteiger charge is -2.23. The summed E-state index contributed by atoms with van der Waals surface area (Å²) in [5.74, 6) is 0. The Bertz CT molecular complexity index is 419. The molecule has 94 valence electrons. The van der Waals surface area contributed by atoms with E-state index in [1.807, 2.05) is 28.7 Å². The second kappa shape index (κ2) is 5.66. The molecule has 0 aliphatic heterocycles. The maximum absolute atomic E-state index is 10.7. The lowest BCUT2D eigenvalue weighted by atomic mass is 9.90. The van der Waals surface area contributed by atoms with Gasteiger partial charge in [0, 0.05) is 18.3 Å². The first-order valence-electron chi connectivity index (χ1n) is 5.53. The van der Waals surface area contributed by atoms with Crippen LogP contribution in [-0.2, 0) is 0 Å². The molecular weight excluding hydrogens is 331 g/mol. The molecule has 0 saturated carbocycles. The van der Waals surface area contributed by atoms with E-state index in [2.05, 4.69) is 26.1 Å². The number of anilines is 1. The number of nitrogens with one attached hydrogen (secondary N) is 1. The number of halogens is 1. The summed E-state index contributed by atoms with van der Waals surface area (Å²) >= 11 is 1.99. The normalized spacial score (nSPS) is 11.3. The molecule has 0 heterocycles. The Kier molecular flexibility index (Phi) is 4.73. The highest BCUT2D eigenvalue weighted by Crippen LogP contribution is 2.26. The van der Waals surface area contributed by atoms with Crippen molar-refractivity contribution in [3.8, 4) is 0 Å². The molecule has 0 bridgehead atoms. The van der Waals surface area contributed by atoms with Gasteiger partial charge in [-0.1, -0.05) is 20.8 Å². The predicted molar refractivity (Wildman–Crippen MR) is 78.4 cm³/mol. The molecule has 0 unspecified atom stereocenters. The number of nitro groups is 1. The minimum atomic E-state index is -0.360. The van der Waals surface area contributed by atoms with Crippen molar-refractivity contribution in [3.05, 3.63) is 31.9 Å². The highest BCUT2D eigenvalue weighted by atomic mass is 127. The zero-order valence-corrected chi connectivity index (χ0v) is 12.4. The van der Waals surface area contributed by atoms with Gasteiger partial charge in [0.25, 0.3) is 5.69 Å². The summed E-state index contributed by atoms with van der Waals surface area (Å²) in [7, 11) is 0. The molecule has 0 amide bonds. The lowest BCUT2D eigenvalue weighted by molar-refractivity contribution is -0.385. The molecular formula is C12H17IN2O2. The van der Waals surface area contributed by atoms with Crippen molar-refractivity contribution in [2.24, 2.45) is 5.41 Å². The Hall–Kier alpha value is -0.850. The standard InChI is InChI=1S/C12H17IN2O2/c1-4-12(2,3)8-14-9-5-6-11(15(16)17)10(13)7-9/h5-7,14H,4,8H2,1-3H3. The largest absolute Gasteiger partial charge is 0.384 e. The van der Waals surface area contributed by atoms with Crippen molar-refractivity contribution in [3.63, 3.8) is 0 Å². The average Bonchev–Trinajstić information content (AvgIpc) is 2.26. The molecule has 0 atom stereocenters. The van der Waals surface area contributed by atoms with E-state index in [1.54, 1.807) is 12.1 Å². The second-order valence-corrected chi connectivity index (χ2v) is 5.96. The monoisotopic (exact) mass is 348 g/mol. The minimum absolute atomic E-state index is 0.158. The summed E-state index contributed by atoms with van der Waals surface area (Å²) in [6.07, 6.45) is 1.09. The molecule has 0 fully saturated rings. The summed E-state index contributed by atoms with van der Waals surface area (Å²) in [6, 6.07) is 5.11. The van der Waals surface area contributed by atoms with E-state index in [4.69, 9.17) is 0 Å². The van der Waals surface area contributed by atoms with Gasteiger partial charge in [0.1, 0.15) is 0 Å². The van der Waals surface area contributed by atoms with Gasteiger partial charge in [-0.05, 0) is 46.6 Å². The molecule has 17 heavy (non-hydrogen) atoms. The highest BCUT2D eigenvalue weighted by molar-refractivity contribution is 14.1. The lowest BCUT2D eigenvalue weighted by Crippen LogP contribution is -2.22. The van der Waals surface area contributed by atoms with Gasteiger partial charge in [0.05, 0.1) is 8.49 Å². The van der Waals surface area contributed by atoms with Gasteiger partial charge in [0.2, 0.25) is 0 Å². The summed E-state index contributed by atoms with van der Waals surface area (Å²) in [5.41, 5.74) is 1.32. The van der Waals surface area contributed by atoms with Crippen LogP contribution in [0.3, 0.4) is 0 Å². The third kappa shape index (κ3) is 4.14. The van der Waals surface area contributed by atoms with Gasteiger partial charge in [-0.3, -0.25) is 10.1 Å². The zero-order valence-electron chi connectivity index (χ0n) is 10.3. The van der Waals surface area contributed by atoms with Crippen LogP contribution in [0.5, 0.6) is 0 Å². The van der Waals surface area contributed by atoms with E-state index in [1.165, 1.54) is 0 Å². The number of nitro benzene ring substituents is 1. The fraction of sp³-hybridized carbons (Fsp3) is 0.500. The van der Waals surface area contributed by atoms with E-state index < -0.39 is 0 Å². The molecule has 0 aromatic heterocycles. The van der Waals surface area contributed by atoms with Gasteiger partial charge >= 0.3 is 0 Å². The van der Waals surface area contributed by atoms with E-state index in [0.717, 1.165) is 18.7 Å². The van der Waals surface area contributed by atoms with Crippen LogP contribution in [0, 0.1) is 19.1 Å². The van der Waals surface area contributed by atoms with Crippen LogP contribution in [0.1, 0.15) is 27.2 Å². The molecule has 0 aliphatic carbocycles. The molecule has 1 rings (SSSR count). The van der Waals surface area contributed by atoms with Crippen molar-refractivity contribution in [1.29, 1.82) is 0 Å². The average molecular weight is 348 g/mol. The van der Waals surface area contributed by atoms with Gasteiger partial charge in [-0.15, -0.1) is 0 Å². The molecule has 0 aliphatic rings. The summed E-state index contributed by atoms with van der Waals surface area (Å²) in [5, 5.41) is 14.0. The van der Waals surface area contributed by atoms with Crippen molar-refractivity contribution < 1.29 is 4.92 Å². The molecule has 0 radical (unpaired) electrons. The Morgan fingerprint density at radius 1 is 1.47 bits per heavy atom. The second-order valence-electron chi connectivity index (χ2n) is 4.79. The number of nitrogens with zero attached hydrogens (tertiary/aromatic N) is 1.